The molecule has 4 nitrogen and oxygen atoms in total. The Bertz CT molecular complexity index is 734. The molecular weight excluding hydrogens is 334 g/mol. The van der Waals surface area contributed by atoms with Gasteiger partial charge in [-0.3, -0.25) is 4.79 Å². The van der Waals surface area contributed by atoms with Gasteiger partial charge in [-0.2, -0.15) is 5.26 Å². The highest BCUT2D eigenvalue weighted by Crippen LogP contribution is 2.25. The lowest BCUT2D eigenvalue weighted by atomic mass is 9.94. The van der Waals surface area contributed by atoms with Crippen LogP contribution in [0.2, 0.25) is 0 Å². The topological polar surface area (TPSA) is 56.1 Å². The number of benzene rings is 1. The highest BCUT2D eigenvalue weighted by Gasteiger charge is 2.10. The normalized spacial score (nSPS) is 17.6. The van der Waals surface area contributed by atoms with Gasteiger partial charge < -0.3 is 10.2 Å². The van der Waals surface area contributed by atoms with Gasteiger partial charge in [-0.15, -0.1) is 0 Å². The van der Waals surface area contributed by atoms with E-state index in [-0.39, 0.29) is 5.91 Å². The molecule has 0 spiro atoms. The van der Waals surface area contributed by atoms with E-state index in [0.29, 0.717) is 5.56 Å². The minimum atomic E-state index is -0.00889. The fourth-order valence-electron chi connectivity index (χ4n) is 3.75. The number of amides is 1. The zero-order valence-corrected chi connectivity index (χ0v) is 16.0. The van der Waals surface area contributed by atoms with Crippen molar-refractivity contribution in [3.63, 3.8) is 0 Å². The number of nitrogens with zero attached hydrogens (tertiary/aromatic N) is 2. The number of hydrogen-bond acceptors (Lipinski definition) is 3. The summed E-state index contributed by atoms with van der Waals surface area (Å²) in [6, 6.07) is 9.91. The Kier molecular flexibility index (Phi) is 7.24. The average Bonchev–Trinajstić information content (AvgIpc) is 2.74. The molecule has 0 aromatic heterocycles. The van der Waals surface area contributed by atoms with Crippen LogP contribution in [-0.4, -0.2) is 37.0 Å². The third-order valence-corrected chi connectivity index (χ3v) is 5.37. The van der Waals surface area contributed by atoms with Crippen LogP contribution in [0, 0.1) is 11.3 Å². The Morgan fingerprint density at radius 2 is 1.89 bits per heavy atom. The van der Waals surface area contributed by atoms with E-state index in [9.17, 15) is 4.79 Å². The van der Waals surface area contributed by atoms with Crippen molar-refractivity contribution in [3.8, 4) is 6.07 Å². The van der Waals surface area contributed by atoms with E-state index in [4.69, 9.17) is 5.26 Å². The number of nitriles is 1. The molecule has 1 aromatic rings. The Morgan fingerprint density at radius 3 is 2.63 bits per heavy atom. The van der Waals surface area contributed by atoms with Crippen LogP contribution in [0.5, 0.6) is 0 Å². The molecule has 0 unspecified atom stereocenters. The van der Waals surface area contributed by atoms with Gasteiger partial charge in [0.25, 0.3) is 5.91 Å². The number of piperidine rings is 1. The third-order valence-electron chi connectivity index (χ3n) is 5.37. The maximum absolute atomic E-state index is 12.3. The van der Waals surface area contributed by atoms with Crippen molar-refractivity contribution in [2.24, 2.45) is 0 Å². The summed E-state index contributed by atoms with van der Waals surface area (Å²) in [6.07, 6.45) is 12.0. The molecular formula is C23H29N3O. The number of allylic oxidation sites excluding steroid dienone is 4. The SMILES string of the molecule is N#CC1=CC(c2ccc(C(=O)NCCCCN3CCCCC3)cc2)=CCC1. The van der Waals surface area contributed by atoms with Crippen molar-refractivity contribution < 1.29 is 4.79 Å². The number of carbonyl (C=O) groups excluding carboxylic acids is 1. The summed E-state index contributed by atoms with van der Waals surface area (Å²) in [5, 5.41) is 12.1. The largest absolute Gasteiger partial charge is 0.352 e. The van der Waals surface area contributed by atoms with E-state index >= 15 is 0 Å². The molecule has 1 amide bonds. The maximum Gasteiger partial charge on any atom is 0.251 e. The van der Waals surface area contributed by atoms with Crippen LogP contribution < -0.4 is 5.32 Å². The van der Waals surface area contributed by atoms with Gasteiger partial charge in [-0.25, -0.2) is 0 Å². The third kappa shape index (κ3) is 5.80. The van der Waals surface area contributed by atoms with Gasteiger partial charge in [0.2, 0.25) is 0 Å². The number of rotatable bonds is 7. The van der Waals surface area contributed by atoms with Crippen molar-refractivity contribution in [1.29, 1.82) is 5.26 Å². The van der Waals surface area contributed by atoms with Crippen LogP contribution in [0.3, 0.4) is 0 Å². The molecule has 1 aromatic carbocycles. The Hall–Kier alpha value is -2.38. The first-order chi connectivity index (χ1) is 13.3. The second-order valence-corrected chi connectivity index (χ2v) is 7.42. The first-order valence-electron chi connectivity index (χ1n) is 10.2. The maximum atomic E-state index is 12.3. The van der Waals surface area contributed by atoms with Gasteiger partial charge in [-0.05, 0) is 87.5 Å². The van der Waals surface area contributed by atoms with Crippen molar-refractivity contribution in [3.05, 3.63) is 53.1 Å². The summed E-state index contributed by atoms with van der Waals surface area (Å²) in [4.78, 5) is 14.8. The molecule has 27 heavy (non-hydrogen) atoms. The number of likely N-dealkylation sites (tertiary alicyclic amines) is 1. The quantitative estimate of drug-likeness (QED) is 0.735. The Balaban J connectivity index is 1.42. The van der Waals surface area contributed by atoms with E-state index in [2.05, 4.69) is 22.4 Å². The lowest BCUT2D eigenvalue weighted by molar-refractivity contribution is 0.0952. The van der Waals surface area contributed by atoms with E-state index < -0.39 is 0 Å². The first kappa shape index (κ1) is 19.4. The van der Waals surface area contributed by atoms with Gasteiger partial charge in [0.05, 0.1) is 6.07 Å². The van der Waals surface area contributed by atoms with Crippen molar-refractivity contribution in [2.75, 3.05) is 26.2 Å². The van der Waals surface area contributed by atoms with Crippen molar-refractivity contribution in [2.45, 2.75) is 44.9 Å². The second kappa shape index (κ2) is 10.1. The molecule has 1 fully saturated rings. The molecule has 1 heterocycles. The minimum absolute atomic E-state index is 0.00889. The molecule has 3 rings (SSSR count). The van der Waals surface area contributed by atoms with E-state index in [1.165, 1.54) is 32.4 Å². The van der Waals surface area contributed by atoms with Crippen LogP contribution >= 0.6 is 0 Å². The van der Waals surface area contributed by atoms with Crippen molar-refractivity contribution in [1.82, 2.24) is 10.2 Å². The second-order valence-electron chi connectivity index (χ2n) is 7.42. The van der Waals surface area contributed by atoms with Gasteiger partial charge in [0, 0.05) is 17.7 Å². The lowest BCUT2D eigenvalue weighted by Gasteiger charge is -2.26. The smallest absolute Gasteiger partial charge is 0.251 e. The molecule has 1 aliphatic carbocycles. The zero-order valence-electron chi connectivity index (χ0n) is 16.0. The standard InChI is InChI=1S/C23H29N3O/c24-18-19-7-6-8-22(17-19)20-9-11-21(12-10-20)23(27)25-13-2-5-16-26-14-3-1-4-15-26/h8-12,17H,1-7,13-16H2,(H,25,27). The van der Waals surface area contributed by atoms with Crippen LogP contribution in [0.1, 0.15) is 60.9 Å². The van der Waals surface area contributed by atoms with Gasteiger partial charge in [0.15, 0.2) is 0 Å². The minimum Gasteiger partial charge on any atom is -0.352 e. The summed E-state index contributed by atoms with van der Waals surface area (Å²) in [6.45, 7) is 4.35. The summed E-state index contributed by atoms with van der Waals surface area (Å²) < 4.78 is 0. The molecule has 1 aliphatic heterocycles. The molecule has 1 N–H and O–H groups in total. The summed E-state index contributed by atoms with van der Waals surface area (Å²) in [7, 11) is 0. The van der Waals surface area contributed by atoms with Gasteiger partial charge in [0.1, 0.15) is 0 Å². The molecule has 142 valence electrons. The number of hydrogen-bond donors (Lipinski definition) is 1. The van der Waals surface area contributed by atoms with Gasteiger partial charge >= 0.3 is 0 Å². The molecule has 0 bridgehead atoms. The van der Waals surface area contributed by atoms with Crippen LogP contribution in [-0.2, 0) is 0 Å². The number of unbranched alkanes of at least 4 members (excludes halogenated alkanes) is 1. The highest BCUT2D eigenvalue weighted by molar-refractivity contribution is 5.94. The first-order valence-corrected chi connectivity index (χ1v) is 10.2. The fourth-order valence-corrected chi connectivity index (χ4v) is 3.75. The van der Waals surface area contributed by atoms with E-state index in [1.807, 2.05) is 30.3 Å². The van der Waals surface area contributed by atoms with E-state index in [0.717, 1.165) is 55.5 Å². The summed E-state index contributed by atoms with van der Waals surface area (Å²) >= 11 is 0. The molecule has 0 saturated carbocycles. The fraction of sp³-hybridized carbons (Fsp3) is 0.478. The predicted octanol–water partition coefficient (Wildman–Crippen LogP) is 4.31. The summed E-state index contributed by atoms with van der Waals surface area (Å²) in [5.41, 5.74) is 3.64. The Morgan fingerprint density at radius 1 is 1.11 bits per heavy atom. The number of nitrogens with one attached hydrogen (secondary N) is 1. The lowest BCUT2D eigenvalue weighted by Crippen LogP contribution is -2.31. The monoisotopic (exact) mass is 363 g/mol. The van der Waals surface area contributed by atoms with Crippen LogP contribution in [0.4, 0.5) is 0 Å². The molecule has 2 aliphatic rings. The average molecular weight is 364 g/mol. The number of carbonyl (C=O) groups is 1. The van der Waals surface area contributed by atoms with E-state index in [1.54, 1.807) is 0 Å². The zero-order chi connectivity index (χ0) is 18.9. The highest BCUT2D eigenvalue weighted by atomic mass is 16.1. The molecule has 0 radical (unpaired) electrons. The van der Waals surface area contributed by atoms with Crippen molar-refractivity contribution >= 4 is 11.5 Å². The van der Waals surface area contributed by atoms with Crippen LogP contribution in [0.15, 0.2) is 42.0 Å². The van der Waals surface area contributed by atoms with Crippen LogP contribution in [0.25, 0.3) is 5.57 Å². The van der Waals surface area contributed by atoms with Gasteiger partial charge in [-0.1, -0.05) is 24.6 Å². The predicted molar refractivity (Wildman–Crippen MR) is 109 cm³/mol. The Labute approximate surface area is 162 Å². The molecule has 4 heteroatoms. The molecule has 1 saturated heterocycles. The molecule has 0 atom stereocenters. The summed E-state index contributed by atoms with van der Waals surface area (Å²) in [5.74, 6) is -0.00889.